The largest absolute Gasteiger partial charge is 0.337 e. The van der Waals surface area contributed by atoms with Crippen LogP contribution in [0.1, 0.15) is 44.0 Å². The monoisotopic (exact) mass is 282 g/mol. The van der Waals surface area contributed by atoms with Crippen LogP contribution in [0.25, 0.3) is 0 Å². The van der Waals surface area contributed by atoms with Crippen molar-refractivity contribution in [1.82, 2.24) is 15.1 Å². The van der Waals surface area contributed by atoms with Gasteiger partial charge in [-0.05, 0) is 25.0 Å². The van der Waals surface area contributed by atoms with E-state index >= 15 is 0 Å². The molecule has 0 saturated carbocycles. The molecule has 0 aliphatic heterocycles. The highest BCUT2D eigenvalue weighted by Crippen LogP contribution is 2.21. The van der Waals surface area contributed by atoms with Gasteiger partial charge in [0, 0.05) is 18.8 Å². The molecule has 0 radical (unpaired) electrons. The lowest BCUT2D eigenvalue weighted by molar-refractivity contribution is 0.282. The standard InChI is InChI=1S/C13H18N4O.ClH/c1-3-6-13(2,14)12-16-11(17-18-12)8-10-5-4-7-15-9-10;/h4-5,7,9H,3,6,8,14H2,1-2H3;1H. The van der Waals surface area contributed by atoms with Crippen LogP contribution in [0, 0.1) is 0 Å². The first kappa shape index (κ1) is 15.6. The number of rotatable bonds is 5. The predicted molar refractivity (Wildman–Crippen MR) is 75.0 cm³/mol. The van der Waals surface area contributed by atoms with Crippen molar-refractivity contribution < 1.29 is 4.52 Å². The smallest absolute Gasteiger partial charge is 0.246 e. The summed E-state index contributed by atoms with van der Waals surface area (Å²) >= 11 is 0. The molecule has 6 heteroatoms. The minimum absolute atomic E-state index is 0. The minimum Gasteiger partial charge on any atom is -0.337 e. The molecular weight excluding hydrogens is 264 g/mol. The summed E-state index contributed by atoms with van der Waals surface area (Å²) in [6, 6.07) is 3.87. The molecule has 2 aromatic heterocycles. The molecule has 19 heavy (non-hydrogen) atoms. The Labute approximate surface area is 119 Å². The van der Waals surface area contributed by atoms with Crippen LogP contribution < -0.4 is 5.73 Å². The van der Waals surface area contributed by atoms with Crippen LogP contribution in [0.2, 0.25) is 0 Å². The van der Waals surface area contributed by atoms with Gasteiger partial charge < -0.3 is 10.3 Å². The van der Waals surface area contributed by atoms with E-state index in [4.69, 9.17) is 10.3 Å². The quantitative estimate of drug-likeness (QED) is 0.911. The van der Waals surface area contributed by atoms with Crippen LogP contribution in [0.5, 0.6) is 0 Å². The Hall–Kier alpha value is -1.46. The van der Waals surface area contributed by atoms with Gasteiger partial charge in [0.2, 0.25) is 5.89 Å². The van der Waals surface area contributed by atoms with Crippen molar-refractivity contribution in [2.75, 3.05) is 0 Å². The molecule has 0 bridgehead atoms. The highest BCUT2D eigenvalue weighted by atomic mass is 35.5. The summed E-state index contributed by atoms with van der Waals surface area (Å²) in [7, 11) is 0. The average Bonchev–Trinajstić information content (AvgIpc) is 2.79. The van der Waals surface area contributed by atoms with Crippen molar-refractivity contribution in [3.63, 3.8) is 0 Å². The Morgan fingerprint density at radius 3 is 2.84 bits per heavy atom. The summed E-state index contributed by atoms with van der Waals surface area (Å²) in [6.07, 6.45) is 5.95. The third-order valence-corrected chi connectivity index (χ3v) is 2.81. The third-order valence-electron chi connectivity index (χ3n) is 2.81. The summed E-state index contributed by atoms with van der Waals surface area (Å²) in [5, 5.41) is 3.97. The van der Waals surface area contributed by atoms with Gasteiger partial charge in [0.15, 0.2) is 5.82 Å². The van der Waals surface area contributed by atoms with Gasteiger partial charge in [-0.2, -0.15) is 4.98 Å². The van der Waals surface area contributed by atoms with E-state index in [0.29, 0.717) is 18.1 Å². The topological polar surface area (TPSA) is 77.8 Å². The van der Waals surface area contributed by atoms with Gasteiger partial charge >= 0.3 is 0 Å². The van der Waals surface area contributed by atoms with E-state index in [1.54, 1.807) is 12.4 Å². The summed E-state index contributed by atoms with van der Waals surface area (Å²) in [5.41, 5.74) is 6.65. The molecule has 5 nitrogen and oxygen atoms in total. The highest BCUT2D eigenvalue weighted by molar-refractivity contribution is 5.85. The second-order valence-electron chi connectivity index (χ2n) is 4.72. The average molecular weight is 283 g/mol. The van der Waals surface area contributed by atoms with E-state index in [2.05, 4.69) is 22.0 Å². The zero-order valence-corrected chi connectivity index (χ0v) is 12.0. The van der Waals surface area contributed by atoms with E-state index in [0.717, 1.165) is 18.4 Å². The van der Waals surface area contributed by atoms with Gasteiger partial charge in [-0.15, -0.1) is 12.4 Å². The normalized spacial score (nSPS) is 13.6. The predicted octanol–water partition coefficient (Wildman–Crippen LogP) is 2.45. The number of pyridine rings is 1. The molecule has 0 aromatic carbocycles. The fourth-order valence-corrected chi connectivity index (χ4v) is 1.87. The zero-order chi connectivity index (χ0) is 13.0. The SMILES string of the molecule is CCCC(C)(N)c1nc(Cc2cccnc2)no1.Cl. The molecule has 0 fully saturated rings. The first-order chi connectivity index (χ1) is 8.62. The van der Waals surface area contributed by atoms with Crippen LogP contribution in [0.4, 0.5) is 0 Å². The Morgan fingerprint density at radius 1 is 1.42 bits per heavy atom. The highest BCUT2D eigenvalue weighted by Gasteiger charge is 2.27. The lowest BCUT2D eigenvalue weighted by Crippen LogP contribution is -2.33. The molecule has 2 heterocycles. The van der Waals surface area contributed by atoms with Gasteiger partial charge in [-0.3, -0.25) is 4.98 Å². The van der Waals surface area contributed by atoms with Crippen molar-refractivity contribution in [1.29, 1.82) is 0 Å². The molecular formula is C13H19ClN4O. The first-order valence-corrected chi connectivity index (χ1v) is 6.12. The molecule has 2 aromatic rings. The number of nitrogens with zero attached hydrogens (tertiary/aromatic N) is 3. The summed E-state index contributed by atoms with van der Waals surface area (Å²) in [6.45, 7) is 4.00. The van der Waals surface area contributed by atoms with Gasteiger partial charge in [0.1, 0.15) is 0 Å². The number of hydrogen-bond donors (Lipinski definition) is 1. The Bertz CT molecular complexity index is 498. The van der Waals surface area contributed by atoms with Crippen molar-refractivity contribution in [3.05, 3.63) is 41.8 Å². The Balaban J connectivity index is 0.00000180. The van der Waals surface area contributed by atoms with Crippen LogP contribution in [0.15, 0.2) is 29.0 Å². The van der Waals surface area contributed by atoms with Crippen LogP contribution in [-0.4, -0.2) is 15.1 Å². The maximum atomic E-state index is 6.15. The zero-order valence-electron chi connectivity index (χ0n) is 11.2. The van der Waals surface area contributed by atoms with Crippen molar-refractivity contribution >= 4 is 12.4 Å². The molecule has 2 N–H and O–H groups in total. The number of nitrogens with two attached hydrogens (primary N) is 1. The van der Waals surface area contributed by atoms with Gasteiger partial charge in [-0.25, -0.2) is 0 Å². The molecule has 0 aliphatic carbocycles. The van der Waals surface area contributed by atoms with Crippen molar-refractivity contribution in [2.24, 2.45) is 5.73 Å². The maximum absolute atomic E-state index is 6.15. The third kappa shape index (κ3) is 4.01. The minimum atomic E-state index is -0.547. The fraction of sp³-hybridized carbons (Fsp3) is 0.462. The number of hydrogen-bond acceptors (Lipinski definition) is 5. The van der Waals surface area contributed by atoms with Gasteiger partial charge in [0.25, 0.3) is 0 Å². The first-order valence-electron chi connectivity index (χ1n) is 6.12. The van der Waals surface area contributed by atoms with E-state index in [1.165, 1.54) is 0 Å². The molecule has 0 spiro atoms. The molecule has 2 rings (SSSR count). The second kappa shape index (κ2) is 6.63. The fourth-order valence-electron chi connectivity index (χ4n) is 1.87. The number of halogens is 1. The van der Waals surface area contributed by atoms with E-state index in [1.807, 2.05) is 19.1 Å². The molecule has 0 amide bonds. The van der Waals surface area contributed by atoms with Crippen LogP contribution in [0.3, 0.4) is 0 Å². The number of aromatic nitrogens is 3. The summed E-state index contributed by atoms with van der Waals surface area (Å²) in [4.78, 5) is 8.42. The maximum Gasteiger partial charge on any atom is 0.246 e. The van der Waals surface area contributed by atoms with Gasteiger partial charge in [-0.1, -0.05) is 24.6 Å². The molecule has 0 aliphatic rings. The summed E-state index contributed by atoms with van der Waals surface area (Å²) < 4.78 is 5.25. The summed E-state index contributed by atoms with van der Waals surface area (Å²) in [5.74, 6) is 1.15. The molecule has 104 valence electrons. The van der Waals surface area contributed by atoms with E-state index in [9.17, 15) is 0 Å². The van der Waals surface area contributed by atoms with Crippen LogP contribution >= 0.6 is 12.4 Å². The molecule has 0 saturated heterocycles. The Kier molecular flexibility index (Phi) is 5.44. The van der Waals surface area contributed by atoms with Crippen LogP contribution in [-0.2, 0) is 12.0 Å². The molecule has 1 unspecified atom stereocenters. The molecule has 1 atom stereocenters. The lowest BCUT2D eigenvalue weighted by Gasteiger charge is -2.18. The Morgan fingerprint density at radius 2 is 2.21 bits per heavy atom. The van der Waals surface area contributed by atoms with Crippen molar-refractivity contribution in [3.8, 4) is 0 Å². The van der Waals surface area contributed by atoms with E-state index < -0.39 is 5.54 Å². The lowest BCUT2D eigenvalue weighted by atomic mass is 9.98. The second-order valence-corrected chi connectivity index (χ2v) is 4.72. The van der Waals surface area contributed by atoms with Gasteiger partial charge in [0.05, 0.1) is 5.54 Å². The van der Waals surface area contributed by atoms with E-state index in [-0.39, 0.29) is 12.4 Å². The van der Waals surface area contributed by atoms with Crippen molar-refractivity contribution in [2.45, 2.75) is 38.6 Å².